The van der Waals surface area contributed by atoms with Crippen molar-refractivity contribution in [3.63, 3.8) is 0 Å². The largest absolute Gasteiger partial charge is 0.496 e. The van der Waals surface area contributed by atoms with Gasteiger partial charge in [0.25, 0.3) is 0 Å². The van der Waals surface area contributed by atoms with Crippen molar-refractivity contribution in [3.05, 3.63) is 51.2 Å². The minimum absolute atomic E-state index is 0.000139. The Morgan fingerprint density at radius 1 is 1.39 bits per heavy atom. The lowest BCUT2D eigenvalue weighted by molar-refractivity contribution is 0.403. The van der Waals surface area contributed by atoms with Crippen LogP contribution in [0.3, 0.4) is 0 Å². The second-order valence-electron chi connectivity index (χ2n) is 3.87. The summed E-state index contributed by atoms with van der Waals surface area (Å²) in [4.78, 5) is 1.08. The molecule has 0 saturated carbocycles. The molecule has 5 heteroatoms. The summed E-state index contributed by atoms with van der Waals surface area (Å²) in [5.74, 6) is 6.50. The molecule has 1 aromatic heterocycles. The number of rotatable bonds is 5. The molecule has 0 spiro atoms. The fraction of sp³-hybridized carbons (Fsp3) is 0.231. The van der Waals surface area contributed by atoms with Crippen LogP contribution in [0.2, 0.25) is 5.02 Å². The molecule has 3 nitrogen and oxygen atoms in total. The van der Waals surface area contributed by atoms with Gasteiger partial charge in [-0.15, -0.1) is 11.3 Å². The maximum absolute atomic E-state index is 6.16. The lowest BCUT2D eigenvalue weighted by Gasteiger charge is -2.16. The molecule has 0 fully saturated rings. The molecular formula is C13H15ClN2OS. The molecule has 1 heterocycles. The summed E-state index contributed by atoms with van der Waals surface area (Å²) in [7, 11) is 1.66. The number of halogens is 1. The summed E-state index contributed by atoms with van der Waals surface area (Å²) in [6, 6.07) is 9.72. The van der Waals surface area contributed by atoms with Crippen molar-refractivity contribution in [2.45, 2.75) is 12.5 Å². The third-order valence-electron chi connectivity index (χ3n) is 2.78. The van der Waals surface area contributed by atoms with Crippen molar-refractivity contribution in [1.82, 2.24) is 5.43 Å². The lowest BCUT2D eigenvalue weighted by atomic mass is 10.0. The Kier molecular flexibility index (Phi) is 4.60. The zero-order chi connectivity index (χ0) is 13.0. The Labute approximate surface area is 116 Å². The normalized spacial score (nSPS) is 12.4. The van der Waals surface area contributed by atoms with Crippen LogP contribution in [0, 0.1) is 0 Å². The first-order valence-corrected chi connectivity index (χ1v) is 6.83. The predicted molar refractivity (Wildman–Crippen MR) is 76.1 cm³/mol. The van der Waals surface area contributed by atoms with E-state index >= 15 is 0 Å². The first-order valence-electron chi connectivity index (χ1n) is 5.57. The maximum atomic E-state index is 6.16. The SMILES string of the molecule is COc1ccsc1C(Cc1ccccc1Cl)NN. The number of hydrogen-bond donors (Lipinski definition) is 2. The molecule has 0 aliphatic carbocycles. The van der Waals surface area contributed by atoms with Gasteiger partial charge in [-0.25, -0.2) is 0 Å². The number of hydrazine groups is 1. The molecule has 0 amide bonds. The number of benzene rings is 1. The summed E-state index contributed by atoms with van der Waals surface area (Å²) in [5.41, 5.74) is 3.89. The molecule has 0 aliphatic heterocycles. The second-order valence-corrected chi connectivity index (χ2v) is 5.22. The first kappa shape index (κ1) is 13.4. The monoisotopic (exact) mass is 282 g/mol. The van der Waals surface area contributed by atoms with Crippen LogP contribution in [-0.2, 0) is 6.42 Å². The zero-order valence-corrected chi connectivity index (χ0v) is 11.6. The molecular weight excluding hydrogens is 268 g/mol. The fourth-order valence-electron chi connectivity index (χ4n) is 1.84. The Morgan fingerprint density at radius 3 is 2.83 bits per heavy atom. The standard InChI is InChI=1S/C13H15ClN2OS/c1-17-12-6-7-18-13(12)11(16-15)8-9-4-2-3-5-10(9)14/h2-7,11,16H,8,15H2,1H3. The van der Waals surface area contributed by atoms with Crippen LogP contribution in [0.4, 0.5) is 0 Å². The van der Waals surface area contributed by atoms with Gasteiger partial charge in [0.1, 0.15) is 5.75 Å². The van der Waals surface area contributed by atoms with E-state index in [1.165, 1.54) is 0 Å². The van der Waals surface area contributed by atoms with Crippen molar-refractivity contribution in [2.75, 3.05) is 7.11 Å². The van der Waals surface area contributed by atoms with E-state index in [2.05, 4.69) is 5.43 Å². The third-order valence-corrected chi connectivity index (χ3v) is 4.16. The van der Waals surface area contributed by atoms with Crippen LogP contribution in [-0.4, -0.2) is 7.11 Å². The lowest BCUT2D eigenvalue weighted by Crippen LogP contribution is -2.29. The van der Waals surface area contributed by atoms with E-state index in [1.807, 2.05) is 35.7 Å². The summed E-state index contributed by atoms with van der Waals surface area (Å²) in [6.45, 7) is 0. The van der Waals surface area contributed by atoms with E-state index in [-0.39, 0.29) is 6.04 Å². The molecule has 1 aromatic carbocycles. The molecule has 1 atom stereocenters. The Balaban J connectivity index is 2.23. The number of hydrogen-bond acceptors (Lipinski definition) is 4. The van der Waals surface area contributed by atoms with Gasteiger partial charge in [-0.2, -0.15) is 0 Å². The number of nitrogens with one attached hydrogen (secondary N) is 1. The fourth-order valence-corrected chi connectivity index (χ4v) is 2.98. The third kappa shape index (κ3) is 2.84. The van der Waals surface area contributed by atoms with E-state index in [0.717, 1.165) is 27.6 Å². The number of ether oxygens (including phenoxy) is 1. The molecule has 3 N–H and O–H groups in total. The highest BCUT2D eigenvalue weighted by molar-refractivity contribution is 7.10. The van der Waals surface area contributed by atoms with E-state index in [9.17, 15) is 0 Å². The average molecular weight is 283 g/mol. The van der Waals surface area contributed by atoms with Gasteiger partial charge in [-0.3, -0.25) is 11.3 Å². The minimum Gasteiger partial charge on any atom is -0.496 e. The number of nitrogens with two attached hydrogens (primary N) is 1. The molecule has 2 rings (SSSR count). The maximum Gasteiger partial charge on any atom is 0.134 e. The molecule has 96 valence electrons. The van der Waals surface area contributed by atoms with E-state index in [0.29, 0.717) is 0 Å². The van der Waals surface area contributed by atoms with Crippen molar-refractivity contribution >= 4 is 22.9 Å². The summed E-state index contributed by atoms with van der Waals surface area (Å²) in [5, 5.41) is 2.75. The van der Waals surface area contributed by atoms with Crippen LogP contribution >= 0.6 is 22.9 Å². The van der Waals surface area contributed by atoms with Crippen LogP contribution < -0.4 is 16.0 Å². The van der Waals surface area contributed by atoms with E-state index in [1.54, 1.807) is 18.4 Å². The highest BCUT2D eigenvalue weighted by atomic mass is 35.5. The van der Waals surface area contributed by atoms with Crippen LogP contribution in [0.1, 0.15) is 16.5 Å². The first-order chi connectivity index (χ1) is 8.76. The molecule has 2 aromatic rings. The Hall–Kier alpha value is -1.07. The molecule has 0 aliphatic rings. The molecule has 1 unspecified atom stereocenters. The molecule has 0 saturated heterocycles. The average Bonchev–Trinajstić information content (AvgIpc) is 2.86. The van der Waals surface area contributed by atoms with Gasteiger partial charge < -0.3 is 4.74 Å². The van der Waals surface area contributed by atoms with Crippen molar-refractivity contribution < 1.29 is 4.74 Å². The smallest absolute Gasteiger partial charge is 0.134 e. The van der Waals surface area contributed by atoms with E-state index < -0.39 is 0 Å². The minimum atomic E-state index is -0.000139. The van der Waals surface area contributed by atoms with Gasteiger partial charge in [0.05, 0.1) is 18.0 Å². The summed E-state index contributed by atoms with van der Waals surface area (Å²) >= 11 is 7.79. The topological polar surface area (TPSA) is 47.3 Å². The van der Waals surface area contributed by atoms with Gasteiger partial charge in [0.2, 0.25) is 0 Å². The highest BCUT2D eigenvalue weighted by Gasteiger charge is 2.17. The van der Waals surface area contributed by atoms with Gasteiger partial charge in [-0.05, 0) is 29.5 Å². The Bertz CT molecular complexity index is 515. The van der Waals surface area contributed by atoms with Crippen LogP contribution in [0.25, 0.3) is 0 Å². The van der Waals surface area contributed by atoms with Gasteiger partial charge in [-0.1, -0.05) is 29.8 Å². The van der Waals surface area contributed by atoms with Gasteiger partial charge >= 0.3 is 0 Å². The van der Waals surface area contributed by atoms with Gasteiger partial charge in [0.15, 0.2) is 0 Å². The van der Waals surface area contributed by atoms with Crippen molar-refractivity contribution in [2.24, 2.45) is 5.84 Å². The second kappa shape index (κ2) is 6.20. The molecule has 0 radical (unpaired) electrons. The van der Waals surface area contributed by atoms with Gasteiger partial charge in [0, 0.05) is 5.02 Å². The number of methoxy groups -OCH3 is 1. The van der Waals surface area contributed by atoms with Crippen molar-refractivity contribution in [1.29, 1.82) is 0 Å². The van der Waals surface area contributed by atoms with Crippen LogP contribution in [0.15, 0.2) is 35.7 Å². The van der Waals surface area contributed by atoms with Crippen molar-refractivity contribution in [3.8, 4) is 5.75 Å². The zero-order valence-electron chi connectivity index (χ0n) is 10.0. The Morgan fingerprint density at radius 2 is 2.17 bits per heavy atom. The molecule has 0 bridgehead atoms. The quantitative estimate of drug-likeness (QED) is 0.654. The van der Waals surface area contributed by atoms with E-state index in [4.69, 9.17) is 22.2 Å². The highest BCUT2D eigenvalue weighted by Crippen LogP contribution is 2.33. The summed E-state index contributed by atoms with van der Waals surface area (Å²) < 4.78 is 5.32. The summed E-state index contributed by atoms with van der Waals surface area (Å²) in [6.07, 6.45) is 0.729. The van der Waals surface area contributed by atoms with Crippen LogP contribution in [0.5, 0.6) is 5.75 Å². The predicted octanol–water partition coefficient (Wildman–Crippen LogP) is 3.16. The number of thiophene rings is 1. The molecule has 18 heavy (non-hydrogen) atoms.